The lowest BCUT2D eigenvalue weighted by Gasteiger charge is -2.12. The Balaban J connectivity index is 0.00000162. The molecule has 1 aliphatic rings. The molecule has 1 aromatic carbocycles. The van der Waals surface area contributed by atoms with E-state index in [-0.39, 0.29) is 24.0 Å². The van der Waals surface area contributed by atoms with Gasteiger partial charge in [-0.2, -0.15) is 0 Å². The highest BCUT2D eigenvalue weighted by molar-refractivity contribution is 5.94. The molecule has 5 heteroatoms. The summed E-state index contributed by atoms with van der Waals surface area (Å²) < 4.78 is 13.5. The Kier molecular flexibility index (Phi) is 5.11. The Labute approximate surface area is 112 Å². The van der Waals surface area contributed by atoms with Crippen LogP contribution < -0.4 is 11.1 Å². The zero-order chi connectivity index (χ0) is 12.4. The van der Waals surface area contributed by atoms with Crippen molar-refractivity contribution in [1.82, 2.24) is 5.32 Å². The lowest BCUT2D eigenvalue weighted by atomic mass is 10.1. The van der Waals surface area contributed by atoms with Gasteiger partial charge in [0.2, 0.25) is 0 Å². The standard InChI is InChI=1S/C13H17FN2O.ClH/c1-8-2-5-10(11(14)6-8)13(17)16-7-12(15)9-3-4-9;/h2,5-6,9,12H,3-4,7,15H2,1H3,(H,16,17);1H. The van der Waals surface area contributed by atoms with Gasteiger partial charge in [0.15, 0.2) is 0 Å². The second kappa shape index (κ2) is 6.16. The highest BCUT2D eigenvalue weighted by Gasteiger charge is 2.28. The molecule has 1 aromatic rings. The van der Waals surface area contributed by atoms with Crippen LogP contribution in [0.5, 0.6) is 0 Å². The number of hydrogen-bond acceptors (Lipinski definition) is 2. The third kappa shape index (κ3) is 3.68. The van der Waals surface area contributed by atoms with Crippen molar-refractivity contribution in [3.8, 4) is 0 Å². The van der Waals surface area contributed by atoms with Gasteiger partial charge in [-0.05, 0) is 43.4 Å². The third-order valence-corrected chi connectivity index (χ3v) is 3.10. The van der Waals surface area contributed by atoms with Crippen molar-refractivity contribution in [3.63, 3.8) is 0 Å². The summed E-state index contributed by atoms with van der Waals surface area (Å²) in [5, 5.41) is 2.68. The first-order valence-corrected chi connectivity index (χ1v) is 5.88. The second-order valence-corrected chi connectivity index (χ2v) is 4.69. The second-order valence-electron chi connectivity index (χ2n) is 4.69. The zero-order valence-electron chi connectivity index (χ0n) is 10.3. The highest BCUT2D eigenvalue weighted by atomic mass is 35.5. The summed E-state index contributed by atoms with van der Waals surface area (Å²) >= 11 is 0. The summed E-state index contributed by atoms with van der Waals surface area (Å²) in [6.07, 6.45) is 2.27. The average Bonchev–Trinajstić information content (AvgIpc) is 3.09. The van der Waals surface area contributed by atoms with Crippen LogP contribution in [-0.2, 0) is 0 Å². The number of carbonyl (C=O) groups excluding carboxylic acids is 1. The lowest BCUT2D eigenvalue weighted by molar-refractivity contribution is 0.0946. The molecule has 1 amide bonds. The van der Waals surface area contributed by atoms with Crippen molar-refractivity contribution < 1.29 is 9.18 Å². The molecule has 0 bridgehead atoms. The Morgan fingerprint density at radius 2 is 2.22 bits per heavy atom. The minimum Gasteiger partial charge on any atom is -0.350 e. The largest absolute Gasteiger partial charge is 0.350 e. The topological polar surface area (TPSA) is 55.1 Å². The molecule has 18 heavy (non-hydrogen) atoms. The maximum Gasteiger partial charge on any atom is 0.254 e. The van der Waals surface area contributed by atoms with Crippen LogP contribution in [0, 0.1) is 18.7 Å². The first-order valence-electron chi connectivity index (χ1n) is 5.88. The molecule has 1 atom stereocenters. The fourth-order valence-corrected chi connectivity index (χ4v) is 1.80. The monoisotopic (exact) mass is 272 g/mol. The number of hydrogen-bond donors (Lipinski definition) is 2. The van der Waals surface area contributed by atoms with Crippen molar-refractivity contribution in [2.75, 3.05) is 6.54 Å². The van der Waals surface area contributed by atoms with Gasteiger partial charge >= 0.3 is 0 Å². The van der Waals surface area contributed by atoms with Gasteiger partial charge in [-0.15, -0.1) is 12.4 Å². The van der Waals surface area contributed by atoms with E-state index in [2.05, 4.69) is 5.32 Å². The Morgan fingerprint density at radius 3 is 2.78 bits per heavy atom. The smallest absolute Gasteiger partial charge is 0.254 e. The maximum atomic E-state index is 13.5. The Hall–Kier alpha value is -1.13. The molecular formula is C13H18ClFN2O. The zero-order valence-corrected chi connectivity index (χ0v) is 11.1. The highest BCUT2D eigenvalue weighted by Crippen LogP contribution is 2.31. The molecule has 0 saturated heterocycles. The van der Waals surface area contributed by atoms with E-state index in [0.717, 1.165) is 18.4 Å². The van der Waals surface area contributed by atoms with E-state index in [4.69, 9.17) is 5.73 Å². The van der Waals surface area contributed by atoms with Crippen molar-refractivity contribution in [3.05, 3.63) is 35.1 Å². The summed E-state index contributed by atoms with van der Waals surface area (Å²) in [7, 11) is 0. The molecule has 100 valence electrons. The molecule has 3 nitrogen and oxygen atoms in total. The third-order valence-electron chi connectivity index (χ3n) is 3.10. The summed E-state index contributed by atoms with van der Waals surface area (Å²) in [4.78, 5) is 11.7. The van der Waals surface area contributed by atoms with Gasteiger partial charge in [-0.1, -0.05) is 6.07 Å². The number of benzene rings is 1. The van der Waals surface area contributed by atoms with E-state index in [0.29, 0.717) is 12.5 Å². The van der Waals surface area contributed by atoms with Crippen LogP contribution in [0.2, 0.25) is 0 Å². The molecule has 0 aromatic heterocycles. The molecule has 2 rings (SSSR count). The molecular weight excluding hydrogens is 255 g/mol. The van der Waals surface area contributed by atoms with Crippen molar-refractivity contribution in [2.45, 2.75) is 25.8 Å². The first kappa shape index (κ1) is 14.9. The SMILES string of the molecule is Cc1ccc(C(=O)NCC(N)C2CC2)c(F)c1.Cl. The van der Waals surface area contributed by atoms with Crippen molar-refractivity contribution >= 4 is 18.3 Å². The summed E-state index contributed by atoms with van der Waals surface area (Å²) in [5.74, 6) is -0.348. The van der Waals surface area contributed by atoms with Gasteiger partial charge in [0.1, 0.15) is 5.82 Å². The number of halogens is 2. The molecule has 1 saturated carbocycles. The lowest BCUT2D eigenvalue weighted by Crippen LogP contribution is -2.38. The van der Waals surface area contributed by atoms with E-state index in [1.165, 1.54) is 12.1 Å². The molecule has 1 unspecified atom stereocenters. The van der Waals surface area contributed by atoms with E-state index in [1.807, 2.05) is 0 Å². The predicted molar refractivity (Wildman–Crippen MR) is 71.4 cm³/mol. The number of nitrogens with two attached hydrogens (primary N) is 1. The number of nitrogens with one attached hydrogen (secondary N) is 1. The first-order chi connectivity index (χ1) is 8.08. The van der Waals surface area contributed by atoms with Gasteiger partial charge in [-0.25, -0.2) is 4.39 Å². The Morgan fingerprint density at radius 1 is 1.56 bits per heavy atom. The average molecular weight is 273 g/mol. The van der Waals surface area contributed by atoms with Crippen LogP contribution in [0.3, 0.4) is 0 Å². The van der Waals surface area contributed by atoms with Gasteiger partial charge in [0.25, 0.3) is 5.91 Å². The van der Waals surface area contributed by atoms with E-state index >= 15 is 0 Å². The van der Waals surface area contributed by atoms with Crippen LogP contribution in [-0.4, -0.2) is 18.5 Å². The van der Waals surface area contributed by atoms with Crippen LogP contribution in [0.25, 0.3) is 0 Å². The van der Waals surface area contributed by atoms with E-state index < -0.39 is 11.7 Å². The van der Waals surface area contributed by atoms with Crippen LogP contribution in [0.4, 0.5) is 4.39 Å². The van der Waals surface area contributed by atoms with Gasteiger partial charge in [0.05, 0.1) is 5.56 Å². The molecule has 3 N–H and O–H groups in total. The fraction of sp³-hybridized carbons (Fsp3) is 0.462. The van der Waals surface area contributed by atoms with Crippen LogP contribution in [0.1, 0.15) is 28.8 Å². The Bertz CT molecular complexity index is 435. The minimum atomic E-state index is -0.484. The van der Waals surface area contributed by atoms with Gasteiger partial charge in [0, 0.05) is 12.6 Å². The quantitative estimate of drug-likeness (QED) is 0.881. The van der Waals surface area contributed by atoms with Crippen molar-refractivity contribution in [2.24, 2.45) is 11.7 Å². The summed E-state index contributed by atoms with van der Waals surface area (Å²) in [6.45, 7) is 2.20. The maximum absolute atomic E-state index is 13.5. The molecule has 0 heterocycles. The molecule has 0 aliphatic heterocycles. The summed E-state index contributed by atoms with van der Waals surface area (Å²) in [5.41, 5.74) is 6.74. The normalized spacial score (nSPS) is 15.7. The van der Waals surface area contributed by atoms with Gasteiger partial charge < -0.3 is 11.1 Å². The molecule has 0 radical (unpaired) electrons. The molecule has 1 aliphatic carbocycles. The fourth-order valence-electron chi connectivity index (χ4n) is 1.80. The number of amides is 1. The van der Waals surface area contributed by atoms with E-state index in [1.54, 1.807) is 13.0 Å². The number of carbonyl (C=O) groups is 1. The van der Waals surface area contributed by atoms with Crippen LogP contribution >= 0.6 is 12.4 Å². The van der Waals surface area contributed by atoms with Gasteiger partial charge in [-0.3, -0.25) is 4.79 Å². The molecule has 0 spiro atoms. The van der Waals surface area contributed by atoms with Crippen LogP contribution in [0.15, 0.2) is 18.2 Å². The van der Waals surface area contributed by atoms with Crippen molar-refractivity contribution in [1.29, 1.82) is 0 Å². The molecule has 1 fully saturated rings. The number of aryl methyl sites for hydroxylation is 1. The van der Waals surface area contributed by atoms with E-state index in [9.17, 15) is 9.18 Å². The predicted octanol–water partition coefficient (Wildman–Crippen LogP) is 2.02. The summed E-state index contributed by atoms with van der Waals surface area (Å²) in [6, 6.07) is 4.57. The number of rotatable bonds is 4. The minimum absolute atomic E-state index is 0.